The van der Waals surface area contributed by atoms with Crippen LogP contribution in [0.5, 0.6) is 0 Å². The van der Waals surface area contributed by atoms with E-state index in [9.17, 15) is 18.4 Å². The van der Waals surface area contributed by atoms with Crippen molar-refractivity contribution >= 4 is 11.9 Å². The number of amides is 1. The number of carboxylic acids is 1. The zero-order valence-corrected chi connectivity index (χ0v) is 13.6. The van der Waals surface area contributed by atoms with Crippen LogP contribution in [0, 0.1) is 17.6 Å². The first kappa shape index (κ1) is 21.0. The van der Waals surface area contributed by atoms with Crippen molar-refractivity contribution in [2.45, 2.75) is 39.7 Å². The lowest BCUT2D eigenvalue weighted by Gasteiger charge is -2.14. The molecule has 0 saturated carbocycles. The monoisotopic (exact) mass is 330 g/mol. The predicted molar refractivity (Wildman–Crippen MR) is 83.8 cm³/mol. The van der Waals surface area contributed by atoms with Gasteiger partial charge in [-0.05, 0) is 43.0 Å². The van der Waals surface area contributed by atoms with Gasteiger partial charge in [0.15, 0.2) is 0 Å². The van der Waals surface area contributed by atoms with Gasteiger partial charge in [-0.2, -0.15) is 0 Å². The second-order valence-electron chi connectivity index (χ2n) is 5.54. The first-order chi connectivity index (χ1) is 10.6. The molecule has 0 fully saturated rings. The molecule has 5 nitrogen and oxygen atoms in total. The molecular formula is C16H24F2N2O3. The quantitative estimate of drug-likeness (QED) is 0.744. The van der Waals surface area contributed by atoms with Crippen molar-refractivity contribution < 1.29 is 23.5 Å². The number of hydrogen-bond donors (Lipinski definition) is 3. The molecule has 0 heterocycles. The van der Waals surface area contributed by atoms with E-state index in [1.165, 1.54) is 19.1 Å². The second kappa shape index (κ2) is 10.7. The number of halogens is 2. The summed E-state index contributed by atoms with van der Waals surface area (Å²) in [5.41, 5.74) is 5.82. The Kier molecular flexibility index (Phi) is 9.73. The van der Waals surface area contributed by atoms with Gasteiger partial charge >= 0.3 is 5.97 Å². The molecular weight excluding hydrogens is 306 g/mol. The number of carbonyl (C=O) groups is 2. The van der Waals surface area contributed by atoms with Gasteiger partial charge in [0.25, 0.3) is 0 Å². The molecule has 1 aromatic carbocycles. The molecule has 1 aromatic rings. The Hall–Kier alpha value is -2.02. The van der Waals surface area contributed by atoms with E-state index in [0.717, 1.165) is 6.07 Å². The number of nitrogens with one attached hydrogen (secondary N) is 1. The minimum atomic E-state index is -0.973. The van der Waals surface area contributed by atoms with E-state index in [0.29, 0.717) is 24.9 Å². The summed E-state index contributed by atoms with van der Waals surface area (Å²) in [5, 5.41) is 11.0. The van der Waals surface area contributed by atoms with E-state index in [-0.39, 0.29) is 11.8 Å². The summed E-state index contributed by atoms with van der Waals surface area (Å²) in [4.78, 5) is 21.1. The topological polar surface area (TPSA) is 92.4 Å². The molecule has 0 radical (unpaired) electrons. The van der Waals surface area contributed by atoms with Crippen LogP contribution in [0.15, 0.2) is 18.2 Å². The average Bonchev–Trinajstić information content (AvgIpc) is 2.36. The van der Waals surface area contributed by atoms with Crippen LogP contribution >= 0.6 is 0 Å². The molecule has 0 saturated heterocycles. The Bertz CT molecular complexity index is 502. The van der Waals surface area contributed by atoms with Crippen molar-refractivity contribution in [2.75, 3.05) is 6.54 Å². The highest BCUT2D eigenvalue weighted by Gasteiger charge is 2.18. The van der Waals surface area contributed by atoms with Gasteiger partial charge in [-0.25, -0.2) is 13.6 Å². The number of rotatable bonds is 6. The first-order valence-electron chi connectivity index (χ1n) is 7.30. The fraction of sp³-hybridized carbons (Fsp3) is 0.500. The molecule has 0 aromatic heterocycles. The zero-order chi connectivity index (χ0) is 18.0. The summed E-state index contributed by atoms with van der Waals surface area (Å²) < 4.78 is 24.9. The number of nitrogens with two attached hydrogens (primary N) is 1. The molecule has 7 heteroatoms. The molecule has 0 spiro atoms. The van der Waals surface area contributed by atoms with Gasteiger partial charge in [-0.1, -0.05) is 13.8 Å². The predicted octanol–water partition coefficient (Wildman–Crippen LogP) is 2.09. The summed E-state index contributed by atoms with van der Waals surface area (Å²) in [5.74, 6) is -2.11. The highest BCUT2D eigenvalue weighted by molar-refractivity contribution is 5.81. The van der Waals surface area contributed by atoms with Gasteiger partial charge in [0.1, 0.15) is 17.7 Å². The van der Waals surface area contributed by atoms with Gasteiger partial charge in [-0.3, -0.25) is 4.79 Å². The summed E-state index contributed by atoms with van der Waals surface area (Å²) in [7, 11) is 0. The van der Waals surface area contributed by atoms with Crippen molar-refractivity contribution in [3.63, 3.8) is 0 Å². The smallest absolute Gasteiger partial charge is 0.326 e. The van der Waals surface area contributed by atoms with Crippen molar-refractivity contribution in [3.05, 3.63) is 35.4 Å². The summed E-state index contributed by atoms with van der Waals surface area (Å²) >= 11 is 0. The van der Waals surface area contributed by atoms with Gasteiger partial charge < -0.3 is 16.2 Å². The van der Waals surface area contributed by atoms with Crippen LogP contribution in [0.3, 0.4) is 0 Å². The molecule has 0 aliphatic carbocycles. The number of benzene rings is 1. The van der Waals surface area contributed by atoms with Gasteiger partial charge in [0.05, 0.1) is 0 Å². The van der Waals surface area contributed by atoms with Crippen LogP contribution in [-0.2, 0) is 16.0 Å². The zero-order valence-electron chi connectivity index (χ0n) is 13.6. The van der Waals surface area contributed by atoms with E-state index < -0.39 is 23.6 Å². The maximum atomic E-state index is 12.5. The van der Waals surface area contributed by atoms with Crippen LogP contribution in [0.1, 0.15) is 32.8 Å². The summed E-state index contributed by atoms with van der Waals surface area (Å²) in [6.07, 6.45) is 0.976. The molecule has 23 heavy (non-hydrogen) atoms. The fourth-order valence-electron chi connectivity index (χ4n) is 1.86. The number of aliphatic carboxylic acids is 1. The van der Waals surface area contributed by atoms with Crippen molar-refractivity contribution in [3.8, 4) is 0 Å². The fourth-order valence-corrected chi connectivity index (χ4v) is 1.86. The number of hydrogen-bond acceptors (Lipinski definition) is 3. The van der Waals surface area contributed by atoms with Crippen LogP contribution in [0.4, 0.5) is 8.78 Å². The van der Waals surface area contributed by atoms with E-state index in [1.807, 2.05) is 13.8 Å². The van der Waals surface area contributed by atoms with Crippen LogP contribution in [-0.4, -0.2) is 29.6 Å². The maximum absolute atomic E-state index is 12.5. The number of carboxylic acid groups (broad SMARTS) is 1. The third-order valence-corrected chi connectivity index (χ3v) is 2.74. The minimum absolute atomic E-state index is 0.262. The summed E-state index contributed by atoms with van der Waals surface area (Å²) in [6, 6.07) is 2.67. The lowest BCUT2D eigenvalue weighted by molar-refractivity contribution is -0.142. The Morgan fingerprint density at radius 1 is 1.22 bits per heavy atom. The highest BCUT2D eigenvalue weighted by atomic mass is 19.1. The average molecular weight is 330 g/mol. The van der Waals surface area contributed by atoms with Gasteiger partial charge in [-0.15, -0.1) is 0 Å². The first-order valence-corrected chi connectivity index (χ1v) is 7.30. The van der Waals surface area contributed by atoms with E-state index in [1.54, 1.807) is 0 Å². The number of carbonyl (C=O) groups excluding carboxylic acids is 1. The molecule has 0 unspecified atom stereocenters. The standard InChI is InChI=1S/C8H9F2N.C8H15NO3/c9-7-3-6(1-2-11)4-8(10)5-7;1-5(2)4-7(8(11)12)9-6(3)10/h3-5H,1-2,11H2;5,7H,4H2,1-3H3,(H,9,10)(H,11,12)/t;7-/m.1/s1. The Balaban J connectivity index is 0.000000422. The second-order valence-corrected chi connectivity index (χ2v) is 5.54. The van der Waals surface area contributed by atoms with Crippen molar-refractivity contribution in [2.24, 2.45) is 11.7 Å². The van der Waals surface area contributed by atoms with Gasteiger partial charge in [0, 0.05) is 13.0 Å². The minimum Gasteiger partial charge on any atom is -0.480 e. The van der Waals surface area contributed by atoms with Crippen LogP contribution in [0.2, 0.25) is 0 Å². The summed E-state index contributed by atoms with van der Waals surface area (Å²) in [6.45, 7) is 5.55. The van der Waals surface area contributed by atoms with E-state index >= 15 is 0 Å². The SMILES string of the molecule is CC(=O)N[C@H](CC(C)C)C(=O)O.NCCc1cc(F)cc(F)c1. The molecule has 0 bridgehead atoms. The normalized spacial score (nSPS) is 11.4. The van der Waals surface area contributed by atoms with Crippen LogP contribution in [0.25, 0.3) is 0 Å². The van der Waals surface area contributed by atoms with Gasteiger partial charge in [0.2, 0.25) is 5.91 Å². The van der Waals surface area contributed by atoms with Crippen molar-refractivity contribution in [1.29, 1.82) is 0 Å². The largest absolute Gasteiger partial charge is 0.480 e. The molecule has 0 aliphatic rings. The highest BCUT2D eigenvalue weighted by Crippen LogP contribution is 2.07. The third kappa shape index (κ3) is 10.4. The maximum Gasteiger partial charge on any atom is 0.326 e. The molecule has 1 amide bonds. The molecule has 1 rings (SSSR count). The molecule has 0 aliphatic heterocycles. The van der Waals surface area contributed by atoms with Crippen molar-refractivity contribution in [1.82, 2.24) is 5.32 Å². The van der Waals surface area contributed by atoms with E-state index in [4.69, 9.17) is 10.8 Å². The Morgan fingerprint density at radius 3 is 2.09 bits per heavy atom. The van der Waals surface area contributed by atoms with Crippen LogP contribution < -0.4 is 11.1 Å². The Labute approximate surface area is 134 Å². The lowest BCUT2D eigenvalue weighted by Crippen LogP contribution is -2.40. The third-order valence-electron chi connectivity index (χ3n) is 2.74. The molecule has 4 N–H and O–H groups in total. The van der Waals surface area contributed by atoms with E-state index in [2.05, 4.69) is 5.32 Å². The molecule has 130 valence electrons. The molecule has 1 atom stereocenters. The Morgan fingerprint density at radius 2 is 1.74 bits per heavy atom. The lowest BCUT2D eigenvalue weighted by atomic mass is 10.0.